The average Bonchev–Trinajstić information content (AvgIpc) is 3.31. The molecule has 0 bridgehead atoms. The smallest absolute Gasteiger partial charge is 0.250 e. The fraction of sp³-hybridized carbons (Fsp3) is 0.120. The highest BCUT2D eigenvalue weighted by Gasteiger charge is 2.17. The van der Waals surface area contributed by atoms with Gasteiger partial charge >= 0.3 is 0 Å². The average molecular weight is 508 g/mol. The first-order chi connectivity index (χ1) is 16.9. The number of benzene rings is 3. The minimum absolute atomic E-state index is 0.0840. The molecule has 0 aliphatic carbocycles. The van der Waals surface area contributed by atoms with Gasteiger partial charge in [0, 0.05) is 16.3 Å². The molecule has 35 heavy (non-hydrogen) atoms. The van der Waals surface area contributed by atoms with Crippen LogP contribution in [0, 0.1) is 0 Å². The Bertz CT molecular complexity index is 1340. The van der Waals surface area contributed by atoms with Crippen LogP contribution in [0.25, 0.3) is 17.1 Å². The number of thioether (sulfide) groups is 1. The molecule has 8 nitrogen and oxygen atoms in total. The van der Waals surface area contributed by atoms with E-state index in [1.807, 2.05) is 41.0 Å². The quantitative estimate of drug-likeness (QED) is 0.199. The number of nitrogens with zero attached hydrogens (tertiary/aromatic N) is 4. The number of rotatable bonds is 8. The van der Waals surface area contributed by atoms with Gasteiger partial charge in [-0.1, -0.05) is 23.4 Å². The van der Waals surface area contributed by atoms with Crippen molar-refractivity contribution in [2.45, 2.75) is 12.1 Å². The van der Waals surface area contributed by atoms with Gasteiger partial charge in [-0.2, -0.15) is 5.10 Å². The number of hydrogen-bond donors (Lipinski definition) is 2. The lowest BCUT2D eigenvalue weighted by atomic mass is 10.1. The Balaban J connectivity index is 1.53. The second-order valence-electron chi connectivity index (χ2n) is 7.41. The maximum atomic E-state index is 12.5. The summed E-state index contributed by atoms with van der Waals surface area (Å²) in [4.78, 5) is 12.5. The Morgan fingerprint density at radius 2 is 1.74 bits per heavy atom. The van der Waals surface area contributed by atoms with Crippen molar-refractivity contribution in [3.05, 3.63) is 83.4 Å². The van der Waals surface area contributed by atoms with Crippen LogP contribution in [0.1, 0.15) is 12.5 Å². The predicted octanol–water partition coefficient (Wildman–Crippen LogP) is 4.93. The highest BCUT2D eigenvalue weighted by Crippen LogP contribution is 2.29. The largest absolute Gasteiger partial charge is 0.508 e. The van der Waals surface area contributed by atoms with Crippen LogP contribution < -0.4 is 10.2 Å². The van der Waals surface area contributed by atoms with E-state index in [-0.39, 0.29) is 17.4 Å². The molecule has 0 saturated heterocycles. The number of carbonyl (C=O) groups excluding carboxylic acids is 1. The van der Waals surface area contributed by atoms with Crippen LogP contribution in [0.4, 0.5) is 0 Å². The molecule has 0 saturated carbocycles. The highest BCUT2D eigenvalue weighted by atomic mass is 35.5. The van der Waals surface area contributed by atoms with Crippen LogP contribution in [0.15, 0.2) is 83.1 Å². The number of carbonyl (C=O) groups is 1. The Labute approximate surface area is 211 Å². The molecule has 1 amide bonds. The number of hydrogen-bond acceptors (Lipinski definition) is 7. The zero-order valence-electron chi connectivity index (χ0n) is 19.0. The molecule has 4 rings (SSSR count). The summed E-state index contributed by atoms with van der Waals surface area (Å²) >= 11 is 7.32. The third-order valence-corrected chi connectivity index (χ3v) is 6.21. The van der Waals surface area contributed by atoms with Crippen molar-refractivity contribution < 1.29 is 14.6 Å². The van der Waals surface area contributed by atoms with Gasteiger partial charge in [-0.3, -0.25) is 9.36 Å². The molecule has 0 radical (unpaired) electrons. The lowest BCUT2D eigenvalue weighted by molar-refractivity contribution is -0.118. The molecule has 3 aromatic carbocycles. The van der Waals surface area contributed by atoms with E-state index in [0.717, 1.165) is 22.6 Å². The number of methoxy groups -OCH3 is 1. The van der Waals surface area contributed by atoms with Gasteiger partial charge in [-0.25, -0.2) is 5.43 Å². The van der Waals surface area contributed by atoms with E-state index >= 15 is 0 Å². The zero-order chi connectivity index (χ0) is 24.8. The topological polar surface area (TPSA) is 102 Å². The molecule has 4 aromatic rings. The van der Waals surface area contributed by atoms with Crippen molar-refractivity contribution in [1.82, 2.24) is 20.2 Å². The van der Waals surface area contributed by atoms with Gasteiger partial charge in [-0.05, 0) is 85.3 Å². The number of ether oxygens (including phenoxy) is 1. The predicted molar refractivity (Wildman–Crippen MR) is 138 cm³/mol. The van der Waals surface area contributed by atoms with E-state index in [2.05, 4.69) is 20.7 Å². The molecule has 0 fully saturated rings. The van der Waals surface area contributed by atoms with E-state index in [9.17, 15) is 9.90 Å². The number of aromatic hydroxyl groups is 1. The van der Waals surface area contributed by atoms with Gasteiger partial charge in [0.1, 0.15) is 11.5 Å². The van der Waals surface area contributed by atoms with Crippen molar-refractivity contribution in [2.24, 2.45) is 5.10 Å². The second kappa shape index (κ2) is 11.1. The van der Waals surface area contributed by atoms with Crippen molar-refractivity contribution in [2.75, 3.05) is 12.9 Å². The van der Waals surface area contributed by atoms with Crippen molar-refractivity contribution in [3.63, 3.8) is 0 Å². The first-order valence-electron chi connectivity index (χ1n) is 10.6. The van der Waals surface area contributed by atoms with Crippen LogP contribution in [-0.2, 0) is 4.79 Å². The lowest BCUT2D eigenvalue weighted by Crippen LogP contribution is -2.21. The summed E-state index contributed by atoms with van der Waals surface area (Å²) in [6, 6.07) is 21.4. The third-order valence-electron chi connectivity index (χ3n) is 5.03. The molecular weight excluding hydrogens is 486 g/mol. The molecule has 178 valence electrons. The maximum absolute atomic E-state index is 12.5. The molecule has 0 atom stereocenters. The zero-order valence-corrected chi connectivity index (χ0v) is 20.5. The Kier molecular flexibility index (Phi) is 7.69. The Hall–Kier alpha value is -3.82. The third kappa shape index (κ3) is 6.00. The summed E-state index contributed by atoms with van der Waals surface area (Å²) in [6.07, 6.45) is 0. The lowest BCUT2D eigenvalue weighted by Gasteiger charge is -2.11. The van der Waals surface area contributed by atoms with Gasteiger partial charge in [0.25, 0.3) is 5.91 Å². The molecule has 0 aliphatic heterocycles. The van der Waals surface area contributed by atoms with E-state index in [1.54, 1.807) is 50.4 Å². The minimum Gasteiger partial charge on any atom is -0.508 e. The van der Waals surface area contributed by atoms with Crippen LogP contribution in [0.2, 0.25) is 5.02 Å². The summed E-state index contributed by atoms with van der Waals surface area (Å²) in [7, 11) is 1.61. The number of phenols is 1. The molecule has 1 heterocycles. The van der Waals surface area contributed by atoms with Crippen LogP contribution in [0.5, 0.6) is 11.5 Å². The number of amides is 1. The molecule has 2 N–H and O–H groups in total. The molecule has 0 unspecified atom stereocenters. The normalized spacial score (nSPS) is 11.3. The standard InChI is InChI=1S/C25H22ClN5O3S/c1-16(17-3-11-21(32)12-4-17)27-28-23(33)15-35-25-30-29-24(18-5-13-22(34-2)14-6-18)31(25)20-9-7-19(26)8-10-20/h3-14,32H,15H2,1-2H3,(H,28,33). The van der Waals surface area contributed by atoms with Crippen molar-refractivity contribution in [3.8, 4) is 28.6 Å². The van der Waals surface area contributed by atoms with Gasteiger partial charge in [0.05, 0.1) is 18.6 Å². The SMILES string of the molecule is COc1ccc(-c2nnc(SCC(=O)NN=C(C)c3ccc(O)cc3)n2-c2ccc(Cl)cc2)cc1. The van der Waals surface area contributed by atoms with Gasteiger partial charge in [-0.15, -0.1) is 10.2 Å². The summed E-state index contributed by atoms with van der Waals surface area (Å²) in [6.45, 7) is 1.78. The van der Waals surface area contributed by atoms with Crippen LogP contribution in [0.3, 0.4) is 0 Å². The van der Waals surface area contributed by atoms with Gasteiger partial charge < -0.3 is 9.84 Å². The van der Waals surface area contributed by atoms with Crippen LogP contribution >= 0.6 is 23.4 Å². The monoisotopic (exact) mass is 507 g/mol. The molecule has 1 aromatic heterocycles. The first kappa shape index (κ1) is 24.3. The number of nitrogens with one attached hydrogen (secondary N) is 1. The molecular formula is C25H22ClN5O3S. The van der Waals surface area contributed by atoms with Crippen LogP contribution in [-0.4, -0.2) is 44.4 Å². The van der Waals surface area contributed by atoms with E-state index in [0.29, 0.717) is 21.7 Å². The van der Waals surface area contributed by atoms with Gasteiger partial charge in [0.2, 0.25) is 0 Å². The Morgan fingerprint density at radius 1 is 1.06 bits per heavy atom. The maximum Gasteiger partial charge on any atom is 0.250 e. The fourth-order valence-electron chi connectivity index (χ4n) is 3.19. The minimum atomic E-state index is -0.287. The summed E-state index contributed by atoms with van der Waals surface area (Å²) in [5.74, 6) is 1.33. The second-order valence-corrected chi connectivity index (χ2v) is 8.79. The number of phenolic OH excluding ortho intramolecular Hbond substituents is 1. The van der Waals surface area contributed by atoms with E-state index < -0.39 is 0 Å². The first-order valence-corrected chi connectivity index (χ1v) is 11.9. The molecule has 0 aliphatic rings. The highest BCUT2D eigenvalue weighted by molar-refractivity contribution is 7.99. The fourth-order valence-corrected chi connectivity index (χ4v) is 4.06. The summed E-state index contributed by atoms with van der Waals surface area (Å²) in [5, 5.41) is 23.4. The molecule has 0 spiro atoms. The van der Waals surface area contributed by atoms with E-state index in [1.165, 1.54) is 11.8 Å². The molecule has 10 heteroatoms. The summed E-state index contributed by atoms with van der Waals surface area (Å²) < 4.78 is 7.12. The Morgan fingerprint density at radius 3 is 2.40 bits per heavy atom. The number of halogens is 1. The number of hydrazone groups is 1. The van der Waals surface area contributed by atoms with Crippen molar-refractivity contribution in [1.29, 1.82) is 0 Å². The van der Waals surface area contributed by atoms with Gasteiger partial charge in [0.15, 0.2) is 11.0 Å². The van der Waals surface area contributed by atoms with Crippen molar-refractivity contribution >= 4 is 35.0 Å². The number of aromatic nitrogens is 3. The van der Waals surface area contributed by atoms with E-state index in [4.69, 9.17) is 16.3 Å². The summed E-state index contributed by atoms with van der Waals surface area (Å²) in [5.41, 5.74) is 5.63.